The van der Waals surface area contributed by atoms with Crippen molar-refractivity contribution in [3.63, 3.8) is 0 Å². The fourth-order valence-corrected chi connectivity index (χ4v) is 9.64. The molecule has 0 aliphatic carbocycles. The molecule has 0 unspecified atom stereocenters. The molecule has 2 heterocycles. The molecule has 0 radical (unpaired) electrons. The highest BCUT2D eigenvalue weighted by Gasteiger charge is 2.18. The van der Waals surface area contributed by atoms with Crippen molar-refractivity contribution in [3.8, 4) is 39.1 Å². The maximum absolute atomic E-state index is 14.8. The zero-order valence-corrected chi connectivity index (χ0v) is 32.2. The third-order valence-corrected chi connectivity index (χ3v) is 12.4. The van der Waals surface area contributed by atoms with Gasteiger partial charge in [0.05, 0.1) is 16.7 Å². The van der Waals surface area contributed by atoms with Crippen LogP contribution in [0.25, 0.3) is 81.0 Å². The number of thiophene rings is 1. The van der Waals surface area contributed by atoms with Crippen LogP contribution < -0.4 is 4.90 Å². The molecule has 11 rings (SSSR count). The zero-order valence-electron chi connectivity index (χ0n) is 31.4. The van der Waals surface area contributed by atoms with Gasteiger partial charge in [-0.3, -0.25) is 0 Å². The van der Waals surface area contributed by atoms with E-state index in [-0.39, 0.29) is 5.82 Å². The second-order valence-electron chi connectivity index (χ2n) is 14.7. The minimum atomic E-state index is -0.249. The Morgan fingerprint density at radius 3 is 1.62 bits per heavy atom. The molecule has 9 aromatic carbocycles. The Bertz CT molecular complexity index is 3270. The predicted molar refractivity (Wildman–Crippen MR) is 245 cm³/mol. The van der Waals surface area contributed by atoms with Crippen LogP contribution in [0.5, 0.6) is 0 Å². The van der Waals surface area contributed by atoms with Gasteiger partial charge >= 0.3 is 0 Å². The van der Waals surface area contributed by atoms with E-state index in [1.165, 1.54) is 42.4 Å². The van der Waals surface area contributed by atoms with E-state index in [0.29, 0.717) is 0 Å². The van der Waals surface area contributed by atoms with Crippen LogP contribution in [0.4, 0.5) is 21.5 Å². The highest BCUT2D eigenvalue weighted by molar-refractivity contribution is 7.25. The highest BCUT2D eigenvalue weighted by Crippen LogP contribution is 2.41. The van der Waals surface area contributed by atoms with Crippen molar-refractivity contribution in [2.45, 2.75) is 0 Å². The van der Waals surface area contributed by atoms with Gasteiger partial charge in [0.25, 0.3) is 0 Å². The maximum atomic E-state index is 14.8. The highest BCUT2D eigenvalue weighted by atomic mass is 32.1. The van der Waals surface area contributed by atoms with Crippen LogP contribution in [0, 0.1) is 5.82 Å². The van der Waals surface area contributed by atoms with Gasteiger partial charge in [-0.2, -0.15) is 0 Å². The lowest BCUT2D eigenvalue weighted by Crippen LogP contribution is -2.09. The van der Waals surface area contributed by atoms with Crippen molar-refractivity contribution in [2.24, 2.45) is 0 Å². The Morgan fingerprint density at radius 2 is 0.879 bits per heavy atom. The summed E-state index contributed by atoms with van der Waals surface area (Å²) in [4.78, 5) is 2.32. The monoisotopic (exact) mass is 762 g/mol. The quantitative estimate of drug-likeness (QED) is 0.157. The number of anilines is 3. The number of para-hydroxylation sites is 2. The van der Waals surface area contributed by atoms with E-state index >= 15 is 0 Å². The maximum Gasteiger partial charge on any atom is 0.125 e. The molecule has 11 aromatic rings. The van der Waals surface area contributed by atoms with Gasteiger partial charge in [-0.1, -0.05) is 133 Å². The molecule has 0 saturated heterocycles. The molecular formula is C54H35FN2S. The Balaban J connectivity index is 0.989. The number of hydrogen-bond acceptors (Lipinski definition) is 2. The average molecular weight is 763 g/mol. The Kier molecular flexibility index (Phi) is 8.23. The predicted octanol–water partition coefficient (Wildman–Crippen LogP) is 15.8. The standard InChI is InChI=1S/C54H35FN2S/c55-41-25-33-47-46-13-5-8-16-51(46)57(52(47)35-41)50-15-7-4-12-45(50)39-22-30-44(31-23-39)56(42-26-18-37(19-27-42)36-10-2-1-3-11-36)43-28-20-38(21-29-43)40-24-32-49-48-14-6-9-17-53(48)58-54(49)34-40/h1-35H. The number of rotatable bonds is 7. The Morgan fingerprint density at radius 1 is 0.362 bits per heavy atom. The molecule has 274 valence electrons. The topological polar surface area (TPSA) is 8.17 Å². The lowest BCUT2D eigenvalue weighted by Gasteiger charge is -2.26. The summed E-state index contributed by atoms with van der Waals surface area (Å²) in [7, 11) is 0. The first-order chi connectivity index (χ1) is 28.7. The van der Waals surface area contributed by atoms with Gasteiger partial charge in [0.1, 0.15) is 5.82 Å². The molecule has 58 heavy (non-hydrogen) atoms. The van der Waals surface area contributed by atoms with Crippen molar-refractivity contribution in [1.82, 2.24) is 4.57 Å². The van der Waals surface area contributed by atoms with E-state index in [0.717, 1.165) is 55.7 Å². The molecule has 0 amide bonds. The molecule has 0 aliphatic heterocycles. The molecule has 0 spiro atoms. The number of halogens is 1. The molecule has 0 aliphatic rings. The molecule has 2 nitrogen and oxygen atoms in total. The van der Waals surface area contributed by atoms with Gasteiger partial charge in [-0.25, -0.2) is 4.39 Å². The summed E-state index contributed by atoms with van der Waals surface area (Å²) in [5, 5.41) is 4.75. The Hall–Kier alpha value is -7.27. The largest absolute Gasteiger partial charge is 0.311 e. The fraction of sp³-hybridized carbons (Fsp3) is 0. The summed E-state index contributed by atoms with van der Waals surface area (Å²) in [5.41, 5.74) is 13.0. The summed E-state index contributed by atoms with van der Waals surface area (Å²) in [6.07, 6.45) is 0. The zero-order chi connectivity index (χ0) is 38.6. The molecule has 0 atom stereocenters. The number of fused-ring (bicyclic) bond motifs is 6. The molecular weight excluding hydrogens is 728 g/mol. The number of aromatic nitrogens is 1. The van der Waals surface area contributed by atoms with Gasteiger partial charge in [-0.05, 0) is 107 Å². The lowest BCUT2D eigenvalue weighted by molar-refractivity contribution is 0.629. The fourth-order valence-electron chi connectivity index (χ4n) is 8.50. The molecule has 2 aromatic heterocycles. The molecule has 0 bridgehead atoms. The third-order valence-electron chi connectivity index (χ3n) is 11.3. The SMILES string of the molecule is Fc1ccc2c3ccccc3n(-c3ccccc3-c3ccc(N(c4ccc(-c5ccccc5)cc4)c4ccc(-c5ccc6c(c5)sc5ccccc56)cc4)cc3)c2c1. The third kappa shape index (κ3) is 5.85. The Labute approximate surface area is 339 Å². The van der Waals surface area contributed by atoms with Gasteiger partial charge in [0.2, 0.25) is 0 Å². The van der Waals surface area contributed by atoms with Crippen LogP contribution >= 0.6 is 11.3 Å². The normalized spacial score (nSPS) is 11.5. The first-order valence-electron chi connectivity index (χ1n) is 19.5. The van der Waals surface area contributed by atoms with Crippen LogP contribution in [0.3, 0.4) is 0 Å². The van der Waals surface area contributed by atoms with Crippen molar-refractivity contribution >= 4 is 70.4 Å². The second-order valence-corrected chi connectivity index (χ2v) is 15.8. The number of nitrogens with zero attached hydrogens (tertiary/aromatic N) is 2. The van der Waals surface area contributed by atoms with Crippen molar-refractivity contribution < 1.29 is 4.39 Å². The van der Waals surface area contributed by atoms with Crippen LogP contribution in [-0.2, 0) is 0 Å². The smallest absolute Gasteiger partial charge is 0.125 e. The summed E-state index contributed by atoms with van der Waals surface area (Å²) in [6, 6.07) is 74.3. The summed E-state index contributed by atoms with van der Waals surface area (Å²) < 4.78 is 19.6. The van der Waals surface area contributed by atoms with Crippen LogP contribution in [0.15, 0.2) is 212 Å². The summed E-state index contributed by atoms with van der Waals surface area (Å²) in [6.45, 7) is 0. The minimum Gasteiger partial charge on any atom is -0.311 e. The van der Waals surface area contributed by atoms with Crippen LogP contribution in [-0.4, -0.2) is 4.57 Å². The van der Waals surface area contributed by atoms with Gasteiger partial charge in [-0.15, -0.1) is 11.3 Å². The summed E-state index contributed by atoms with van der Waals surface area (Å²) in [5.74, 6) is -0.249. The van der Waals surface area contributed by atoms with Crippen molar-refractivity contribution in [3.05, 3.63) is 218 Å². The van der Waals surface area contributed by atoms with E-state index in [1.807, 2.05) is 29.5 Å². The molecule has 4 heteroatoms. The van der Waals surface area contributed by atoms with E-state index in [1.54, 1.807) is 12.1 Å². The van der Waals surface area contributed by atoms with Crippen molar-refractivity contribution in [1.29, 1.82) is 0 Å². The van der Waals surface area contributed by atoms with Crippen LogP contribution in [0.1, 0.15) is 0 Å². The lowest BCUT2D eigenvalue weighted by atomic mass is 10.0. The van der Waals surface area contributed by atoms with Crippen LogP contribution in [0.2, 0.25) is 0 Å². The van der Waals surface area contributed by atoms with Gasteiger partial charge in [0.15, 0.2) is 0 Å². The first kappa shape index (κ1) is 34.0. The van der Waals surface area contributed by atoms with Gasteiger partial charge < -0.3 is 9.47 Å². The van der Waals surface area contributed by atoms with Gasteiger partial charge in [0, 0.05) is 53.6 Å². The number of hydrogen-bond donors (Lipinski definition) is 0. The van der Waals surface area contributed by atoms with Crippen molar-refractivity contribution in [2.75, 3.05) is 4.90 Å². The van der Waals surface area contributed by atoms with E-state index in [2.05, 4.69) is 191 Å². The second kappa shape index (κ2) is 14.0. The first-order valence-corrected chi connectivity index (χ1v) is 20.3. The van der Waals surface area contributed by atoms with E-state index in [4.69, 9.17) is 0 Å². The minimum absolute atomic E-state index is 0.249. The molecule has 0 fully saturated rings. The summed E-state index contributed by atoms with van der Waals surface area (Å²) >= 11 is 1.85. The number of benzene rings is 9. The molecule has 0 N–H and O–H groups in total. The van der Waals surface area contributed by atoms with E-state index in [9.17, 15) is 4.39 Å². The molecule has 0 saturated carbocycles. The van der Waals surface area contributed by atoms with E-state index < -0.39 is 0 Å². The average Bonchev–Trinajstić information content (AvgIpc) is 3.82.